The fourth-order valence-electron chi connectivity index (χ4n) is 4.77. The summed E-state index contributed by atoms with van der Waals surface area (Å²) in [4.78, 5) is 0. The van der Waals surface area contributed by atoms with E-state index in [2.05, 4.69) is 33.0 Å². The monoisotopic (exact) mass is 267 g/mol. The molecule has 0 saturated heterocycles. The third-order valence-electron chi connectivity index (χ3n) is 5.01. The Morgan fingerprint density at radius 2 is 1.68 bits per heavy atom. The van der Waals surface area contributed by atoms with Crippen LogP contribution in [0.5, 0.6) is 0 Å². The highest BCUT2D eigenvalue weighted by Crippen LogP contribution is 2.45. The first-order valence-electron chi connectivity index (χ1n) is 8.17. The first kappa shape index (κ1) is 15.3. The summed E-state index contributed by atoms with van der Waals surface area (Å²) >= 11 is 0. The molecule has 0 aliphatic heterocycles. The molecular formula is C17H33NO. The van der Waals surface area contributed by atoms with E-state index < -0.39 is 0 Å². The number of hydrogen-bond donors (Lipinski definition) is 2. The van der Waals surface area contributed by atoms with Gasteiger partial charge in [0.25, 0.3) is 0 Å². The molecule has 2 heteroatoms. The van der Waals surface area contributed by atoms with Crippen LogP contribution < -0.4 is 5.32 Å². The van der Waals surface area contributed by atoms with Crippen LogP contribution in [0.25, 0.3) is 0 Å². The van der Waals surface area contributed by atoms with Crippen LogP contribution in [0.4, 0.5) is 0 Å². The number of aliphatic hydroxyl groups excluding tert-OH is 1. The van der Waals surface area contributed by atoms with E-state index in [1.54, 1.807) is 0 Å². The molecule has 2 saturated carbocycles. The smallest absolute Gasteiger partial charge is 0.0543 e. The van der Waals surface area contributed by atoms with Gasteiger partial charge in [0.2, 0.25) is 0 Å². The van der Waals surface area contributed by atoms with E-state index in [1.165, 1.54) is 32.1 Å². The summed E-state index contributed by atoms with van der Waals surface area (Å²) in [6.07, 6.45) is 8.41. The van der Waals surface area contributed by atoms with Crippen LogP contribution in [0.1, 0.15) is 72.6 Å². The van der Waals surface area contributed by atoms with Crippen LogP contribution >= 0.6 is 0 Å². The van der Waals surface area contributed by atoms with Gasteiger partial charge in [-0.3, -0.25) is 0 Å². The molecule has 0 heterocycles. The van der Waals surface area contributed by atoms with Gasteiger partial charge in [-0.1, -0.05) is 34.1 Å². The number of aliphatic hydroxyl groups is 1. The molecule has 2 aliphatic carbocycles. The van der Waals surface area contributed by atoms with E-state index >= 15 is 0 Å². The van der Waals surface area contributed by atoms with Crippen molar-refractivity contribution in [3.05, 3.63) is 0 Å². The van der Waals surface area contributed by atoms with Crippen molar-refractivity contribution in [2.24, 2.45) is 16.7 Å². The van der Waals surface area contributed by atoms with E-state index in [0.29, 0.717) is 22.8 Å². The minimum atomic E-state index is -0.0419. The Morgan fingerprint density at radius 3 is 2.26 bits per heavy atom. The predicted molar refractivity (Wildman–Crippen MR) is 81.2 cm³/mol. The topological polar surface area (TPSA) is 32.3 Å². The van der Waals surface area contributed by atoms with Gasteiger partial charge in [-0.25, -0.2) is 0 Å². The van der Waals surface area contributed by atoms with Gasteiger partial charge in [0, 0.05) is 6.04 Å². The average Bonchev–Trinajstić information content (AvgIpc) is 2.22. The van der Waals surface area contributed by atoms with Crippen molar-refractivity contribution >= 4 is 0 Å². The fourth-order valence-corrected chi connectivity index (χ4v) is 4.77. The molecule has 0 aromatic heterocycles. The van der Waals surface area contributed by atoms with Gasteiger partial charge < -0.3 is 10.4 Å². The number of hydrogen-bond acceptors (Lipinski definition) is 2. The molecule has 0 aromatic carbocycles. The summed E-state index contributed by atoms with van der Waals surface area (Å²) in [5, 5.41) is 13.6. The minimum absolute atomic E-state index is 0.0419. The van der Waals surface area contributed by atoms with Crippen molar-refractivity contribution in [1.29, 1.82) is 0 Å². The van der Waals surface area contributed by atoms with Crippen LogP contribution in [0.3, 0.4) is 0 Å². The number of rotatable bonds is 3. The van der Waals surface area contributed by atoms with Gasteiger partial charge in [0.15, 0.2) is 0 Å². The van der Waals surface area contributed by atoms with Crippen LogP contribution in [-0.4, -0.2) is 23.8 Å². The van der Waals surface area contributed by atoms with E-state index in [1.807, 2.05) is 0 Å². The van der Waals surface area contributed by atoms with Gasteiger partial charge in [0.05, 0.1) is 6.10 Å². The maximum atomic E-state index is 9.75. The van der Waals surface area contributed by atoms with Gasteiger partial charge in [-0.15, -0.1) is 0 Å². The summed E-state index contributed by atoms with van der Waals surface area (Å²) in [7, 11) is 0. The molecule has 0 radical (unpaired) electrons. The highest BCUT2D eigenvalue weighted by Gasteiger charge is 2.38. The quantitative estimate of drug-likeness (QED) is 0.816. The molecule has 2 N–H and O–H groups in total. The lowest BCUT2D eigenvalue weighted by Crippen LogP contribution is -2.45. The Balaban J connectivity index is 1.82. The Labute approximate surface area is 119 Å². The molecule has 0 aromatic rings. The lowest BCUT2D eigenvalue weighted by atomic mass is 9.63. The van der Waals surface area contributed by atoms with Crippen LogP contribution in [-0.2, 0) is 0 Å². The standard InChI is InChI=1S/C17H33NO/c1-16(2)9-14(10-17(3,4)12-16)18-11-13-6-5-7-15(19)8-13/h13-15,18-19H,5-12H2,1-4H3. The molecule has 112 valence electrons. The minimum Gasteiger partial charge on any atom is -0.393 e. The fraction of sp³-hybridized carbons (Fsp3) is 1.00. The highest BCUT2D eigenvalue weighted by atomic mass is 16.3. The van der Waals surface area contributed by atoms with Crippen molar-refractivity contribution in [2.45, 2.75) is 84.8 Å². The van der Waals surface area contributed by atoms with E-state index in [9.17, 15) is 5.11 Å². The lowest BCUT2D eigenvalue weighted by Gasteiger charge is -2.45. The molecule has 2 fully saturated rings. The second kappa shape index (κ2) is 5.73. The first-order valence-corrected chi connectivity index (χ1v) is 8.17. The summed E-state index contributed by atoms with van der Waals surface area (Å²) in [6.45, 7) is 10.7. The van der Waals surface area contributed by atoms with E-state index in [4.69, 9.17) is 0 Å². The Morgan fingerprint density at radius 1 is 1.05 bits per heavy atom. The third kappa shape index (κ3) is 4.75. The molecule has 2 atom stereocenters. The van der Waals surface area contributed by atoms with E-state index in [-0.39, 0.29) is 6.10 Å². The summed E-state index contributed by atoms with van der Waals surface area (Å²) in [5.41, 5.74) is 0.928. The molecule has 0 bridgehead atoms. The van der Waals surface area contributed by atoms with Gasteiger partial charge >= 0.3 is 0 Å². The Kier molecular flexibility index (Phi) is 4.62. The molecule has 2 aliphatic rings. The average molecular weight is 267 g/mol. The molecule has 2 nitrogen and oxygen atoms in total. The number of nitrogens with one attached hydrogen (secondary N) is 1. The predicted octanol–water partition coefficient (Wildman–Crippen LogP) is 3.73. The van der Waals surface area contributed by atoms with Gasteiger partial charge in [-0.2, -0.15) is 0 Å². The molecule has 19 heavy (non-hydrogen) atoms. The van der Waals surface area contributed by atoms with Crippen LogP contribution in [0, 0.1) is 16.7 Å². The first-order chi connectivity index (χ1) is 8.76. The lowest BCUT2D eigenvalue weighted by molar-refractivity contribution is 0.0731. The molecule has 2 unspecified atom stereocenters. The SMILES string of the molecule is CC1(C)CC(NCC2CCCC(O)C2)CC(C)(C)C1. The molecule has 0 spiro atoms. The van der Waals surface area contributed by atoms with Crippen molar-refractivity contribution in [3.63, 3.8) is 0 Å². The summed E-state index contributed by atoms with van der Waals surface area (Å²) < 4.78 is 0. The zero-order chi connectivity index (χ0) is 14.1. The maximum Gasteiger partial charge on any atom is 0.0543 e. The second-order valence-electron chi connectivity index (χ2n) is 8.71. The highest BCUT2D eigenvalue weighted by molar-refractivity contribution is 4.92. The molecule has 0 amide bonds. The maximum absolute atomic E-state index is 9.75. The van der Waals surface area contributed by atoms with Gasteiger partial charge in [-0.05, 0) is 61.8 Å². The Bertz CT molecular complexity index is 282. The van der Waals surface area contributed by atoms with Crippen LogP contribution in [0.15, 0.2) is 0 Å². The molecular weight excluding hydrogens is 234 g/mol. The normalized spacial score (nSPS) is 35.2. The third-order valence-corrected chi connectivity index (χ3v) is 5.01. The van der Waals surface area contributed by atoms with Gasteiger partial charge in [0.1, 0.15) is 0 Å². The second-order valence-corrected chi connectivity index (χ2v) is 8.71. The van der Waals surface area contributed by atoms with Crippen molar-refractivity contribution < 1.29 is 5.11 Å². The largest absolute Gasteiger partial charge is 0.393 e. The zero-order valence-electron chi connectivity index (χ0n) is 13.3. The summed E-state index contributed by atoms with van der Waals surface area (Å²) in [5.74, 6) is 0.692. The van der Waals surface area contributed by atoms with Crippen molar-refractivity contribution in [1.82, 2.24) is 5.32 Å². The molecule has 2 rings (SSSR count). The Hall–Kier alpha value is -0.0800. The van der Waals surface area contributed by atoms with Crippen molar-refractivity contribution in [3.8, 4) is 0 Å². The zero-order valence-corrected chi connectivity index (χ0v) is 13.3. The summed E-state index contributed by atoms with van der Waals surface area (Å²) in [6, 6.07) is 0.665. The van der Waals surface area contributed by atoms with Crippen molar-refractivity contribution in [2.75, 3.05) is 6.54 Å². The van der Waals surface area contributed by atoms with Crippen LogP contribution in [0.2, 0.25) is 0 Å². The van der Waals surface area contributed by atoms with E-state index in [0.717, 1.165) is 19.4 Å².